The molecule has 1 aliphatic heterocycles. The van der Waals surface area contributed by atoms with Crippen LogP contribution >= 0.6 is 11.3 Å². The second kappa shape index (κ2) is 14.2. The van der Waals surface area contributed by atoms with Crippen molar-refractivity contribution in [3.63, 3.8) is 0 Å². The maximum absolute atomic E-state index is 14.1. The van der Waals surface area contributed by atoms with Gasteiger partial charge in [-0.05, 0) is 62.7 Å². The summed E-state index contributed by atoms with van der Waals surface area (Å²) >= 11 is 1.22. The normalized spacial score (nSPS) is 14.2. The fourth-order valence-corrected chi connectivity index (χ4v) is 6.24. The van der Waals surface area contributed by atoms with Gasteiger partial charge in [0.25, 0.3) is 5.56 Å². The van der Waals surface area contributed by atoms with E-state index in [4.69, 9.17) is 23.7 Å². The number of esters is 1. The van der Waals surface area contributed by atoms with Crippen LogP contribution in [-0.4, -0.2) is 38.0 Å². The second-order valence-electron chi connectivity index (χ2n) is 10.1. The zero-order valence-electron chi connectivity index (χ0n) is 26.2. The molecule has 11 heteroatoms. The van der Waals surface area contributed by atoms with E-state index in [1.807, 2.05) is 25.1 Å². The number of hydrogen-bond donors (Lipinski definition) is 0. The third-order valence-corrected chi connectivity index (χ3v) is 8.32. The fourth-order valence-electron chi connectivity index (χ4n) is 5.19. The van der Waals surface area contributed by atoms with Gasteiger partial charge in [-0.25, -0.2) is 9.79 Å². The number of nitrogens with zero attached hydrogens (tertiary/aromatic N) is 3. The average Bonchev–Trinajstić information content (AvgIpc) is 3.37. The number of methoxy groups -OCH3 is 2. The quantitative estimate of drug-likeness (QED) is 0.217. The SMILES string of the molecule is CCOC(=O)C1=C(C)N=c2s/c(=C/c3ccc(OCc4ccccc4C#N)c(OCC)c3)c(=O)n2[C@@H]1c1ccc(OC)cc1OC. The van der Waals surface area contributed by atoms with Gasteiger partial charge in [0.05, 0.1) is 54.9 Å². The van der Waals surface area contributed by atoms with Gasteiger partial charge in [0.15, 0.2) is 16.3 Å². The number of rotatable bonds is 11. The summed E-state index contributed by atoms with van der Waals surface area (Å²) in [4.78, 5) is 32.5. The Labute approximate surface area is 270 Å². The lowest BCUT2D eigenvalue weighted by Crippen LogP contribution is -2.40. The minimum absolute atomic E-state index is 0.166. The molecular formula is C35H33N3O7S. The van der Waals surface area contributed by atoms with E-state index in [0.717, 1.165) is 5.56 Å². The predicted octanol–water partition coefficient (Wildman–Crippen LogP) is 4.66. The summed E-state index contributed by atoms with van der Waals surface area (Å²) in [6.45, 7) is 6.09. The molecule has 0 unspecified atom stereocenters. The summed E-state index contributed by atoms with van der Waals surface area (Å²) in [5, 5.41) is 9.42. The predicted molar refractivity (Wildman–Crippen MR) is 173 cm³/mol. The van der Waals surface area contributed by atoms with E-state index in [0.29, 0.717) is 61.3 Å². The average molecular weight is 640 g/mol. The summed E-state index contributed by atoms with van der Waals surface area (Å²) in [5.74, 6) is 1.47. The largest absolute Gasteiger partial charge is 0.497 e. The Kier molecular flexibility index (Phi) is 9.88. The van der Waals surface area contributed by atoms with Gasteiger partial charge < -0.3 is 23.7 Å². The van der Waals surface area contributed by atoms with Crippen LogP contribution in [0.4, 0.5) is 0 Å². The molecule has 1 atom stereocenters. The van der Waals surface area contributed by atoms with Crippen LogP contribution in [0.25, 0.3) is 6.08 Å². The third-order valence-electron chi connectivity index (χ3n) is 7.34. The van der Waals surface area contributed by atoms with Crippen molar-refractivity contribution in [2.24, 2.45) is 4.99 Å². The Morgan fingerprint density at radius 2 is 1.80 bits per heavy atom. The lowest BCUT2D eigenvalue weighted by atomic mass is 9.95. The number of carbonyl (C=O) groups is 1. The van der Waals surface area contributed by atoms with E-state index >= 15 is 0 Å². The Balaban J connectivity index is 1.59. The molecular weight excluding hydrogens is 606 g/mol. The minimum Gasteiger partial charge on any atom is -0.497 e. The van der Waals surface area contributed by atoms with Crippen LogP contribution in [0.2, 0.25) is 0 Å². The highest BCUT2D eigenvalue weighted by molar-refractivity contribution is 7.07. The molecule has 0 radical (unpaired) electrons. The standard InChI is InChI=1S/C35H33N3O7S/c1-6-43-29-16-22(12-15-27(29)45-20-24-11-9-8-10-23(24)19-36)17-30-33(39)38-32(26-14-13-25(41-4)18-28(26)42-5)31(34(40)44-7-2)21(3)37-35(38)46-30/h8-18,32H,6-7,20H2,1-5H3/b30-17+/t32-/m1/s1. The van der Waals surface area contributed by atoms with Crippen LogP contribution in [0, 0.1) is 11.3 Å². The maximum Gasteiger partial charge on any atom is 0.338 e. The van der Waals surface area contributed by atoms with E-state index in [-0.39, 0.29) is 24.3 Å². The molecule has 2 heterocycles. The highest BCUT2D eigenvalue weighted by atomic mass is 32.1. The number of allylic oxidation sites excluding steroid dienone is 1. The maximum atomic E-state index is 14.1. The molecule has 1 aliphatic rings. The van der Waals surface area contributed by atoms with Crippen molar-refractivity contribution in [3.8, 4) is 29.1 Å². The number of fused-ring (bicyclic) bond motifs is 1. The van der Waals surface area contributed by atoms with E-state index in [1.54, 1.807) is 69.5 Å². The van der Waals surface area contributed by atoms with E-state index in [1.165, 1.54) is 23.0 Å². The number of thiazole rings is 1. The van der Waals surface area contributed by atoms with Crippen molar-refractivity contribution in [2.45, 2.75) is 33.4 Å². The molecule has 0 bridgehead atoms. The number of carbonyl (C=O) groups excluding carboxylic acids is 1. The summed E-state index contributed by atoms with van der Waals surface area (Å²) in [5.41, 5.74) is 2.98. The summed E-state index contributed by atoms with van der Waals surface area (Å²) in [7, 11) is 3.07. The lowest BCUT2D eigenvalue weighted by molar-refractivity contribution is -0.139. The second-order valence-corrected chi connectivity index (χ2v) is 11.1. The van der Waals surface area contributed by atoms with Gasteiger partial charge in [-0.1, -0.05) is 35.6 Å². The number of ether oxygens (including phenoxy) is 5. The van der Waals surface area contributed by atoms with Crippen LogP contribution in [0.3, 0.4) is 0 Å². The smallest absolute Gasteiger partial charge is 0.338 e. The highest BCUT2D eigenvalue weighted by Gasteiger charge is 2.35. The fraction of sp³-hybridized carbons (Fsp3) is 0.257. The molecule has 0 fully saturated rings. The zero-order valence-corrected chi connectivity index (χ0v) is 27.0. The Bertz CT molecular complexity index is 2040. The van der Waals surface area contributed by atoms with Gasteiger partial charge >= 0.3 is 5.97 Å². The third kappa shape index (κ3) is 6.39. The number of hydrogen-bond acceptors (Lipinski definition) is 10. The van der Waals surface area contributed by atoms with Crippen molar-refractivity contribution in [1.82, 2.24) is 4.57 Å². The molecule has 0 amide bonds. The van der Waals surface area contributed by atoms with Gasteiger partial charge in [0.1, 0.15) is 24.1 Å². The van der Waals surface area contributed by atoms with E-state index in [2.05, 4.69) is 11.1 Å². The first-order chi connectivity index (χ1) is 22.3. The molecule has 3 aromatic carbocycles. The molecule has 10 nitrogen and oxygen atoms in total. The first-order valence-corrected chi connectivity index (χ1v) is 15.4. The van der Waals surface area contributed by atoms with Gasteiger partial charge in [0.2, 0.25) is 0 Å². The van der Waals surface area contributed by atoms with Crippen LogP contribution in [0.1, 0.15) is 49.1 Å². The van der Waals surface area contributed by atoms with Crippen molar-refractivity contribution < 1.29 is 28.5 Å². The molecule has 0 saturated carbocycles. The molecule has 236 valence electrons. The monoisotopic (exact) mass is 639 g/mol. The molecule has 0 saturated heterocycles. The molecule has 5 rings (SSSR count). The highest BCUT2D eigenvalue weighted by Crippen LogP contribution is 2.37. The Morgan fingerprint density at radius 3 is 2.52 bits per heavy atom. The number of nitriles is 1. The zero-order chi connectivity index (χ0) is 32.8. The van der Waals surface area contributed by atoms with Crippen molar-refractivity contribution >= 4 is 23.4 Å². The first-order valence-electron chi connectivity index (χ1n) is 14.6. The minimum atomic E-state index is -0.843. The van der Waals surface area contributed by atoms with E-state index in [9.17, 15) is 14.9 Å². The van der Waals surface area contributed by atoms with Crippen LogP contribution in [0.5, 0.6) is 23.0 Å². The Hall–Kier alpha value is -5.34. The first kappa shape index (κ1) is 32.1. The number of benzene rings is 3. The topological polar surface area (TPSA) is 121 Å². The molecule has 0 aliphatic carbocycles. The van der Waals surface area contributed by atoms with Crippen molar-refractivity contribution in [1.29, 1.82) is 5.26 Å². The molecule has 4 aromatic rings. The summed E-state index contributed by atoms with van der Waals surface area (Å²) < 4.78 is 30.3. The number of aromatic nitrogens is 1. The van der Waals surface area contributed by atoms with Crippen molar-refractivity contribution in [2.75, 3.05) is 27.4 Å². The van der Waals surface area contributed by atoms with Crippen LogP contribution in [0.15, 0.2) is 81.7 Å². The van der Waals surface area contributed by atoms with Crippen LogP contribution in [-0.2, 0) is 16.1 Å². The van der Waals surface area contributed by atoms with E-state index < -0.39 is 12.0 Å². The lowest BCUT2D eigenvalue weighted by Gasteiger charge is -2.26. The molecule has 0 N–H and O–H groups in total. The van der Waals surface area contributed by atoms with Gasteiger partial charge in [0, 0.05) is 17.2 Å². The summed E-state index contributed by atoms with van der Waals surface area (Å²) in [6.07, 6.45) is 1.76. The van der Waals surface area contributed by atoms with Crippen molar-refractivity contribution in [3.05, 3.63) is 114 Å². The molecule has 1 aromatic heterocycles. The van der Waals surface area contributed by atoms with Crippen LogP contribution < -0.4 is 33.8 Å². The van der Waals surface area contributed by atoms with Gasteiger partial charge in [-0.15, -0.1) is 0 Å². The Morgan fingerprint density at radius 1 is 1.00 bits per heavy atom. The molecule has 0 spiro atoms. The van der Waals surface area contributed by atoms with Gasteiger partial charge in [-0.3, -0.25) is 9.36 Å². The summed E-state index contributed by atoms with van der Waals surface area (Å²) in [6, 6.07) is 19.2. The van der Waals surface area contributed by atoms with Gasteiger partial charge in [-0.2, -0.15) is 5.26 Å². The molecule has 46 heavy (non-hydrogen) atoms.